The molecule has 8 heteroatoms. The first-order chi connectivity index (χ1) is 12.6. The van der Waals surface area contributed by atoms with E-state index in [0.717, 1.165) is 11.3 Å². The van der Waals surface area contributed by atoms with Gasteiger partial charge in [-0.15, -0.1) is 11.3 Å². The molecular weight excluding hydrogens is 350 g/mol. The number of aromatic nitrogens is 2. The molecule has 0 atom stereocenters. The third-order valence-electron chi connectivity index (χ3n) is 3.39. The molecule has 2 heterocycles. The molecule has 26 heavy (non-hydrogen) atoms. The SMILES string of the molecule is Cc1cccc(NC(=O)Nc2nc(C(=O)NCc3ccccn3)cs2)c1. The number of hydrogen-bond donors (Lipinski definition) is 3. The van der Waals surface area contributed by atoms with Crippen LogP contribution in [0.1, 0.15) is 21.7 Å². The Morgan fingerprint density at radius 3 is 2.77 bits per heavy atom. The average molecular weight is 367 g/mol. The van der Waals surface area contributed by atoms with Crippen LogP contribution in [0.15, 0.2) is 54.0 Å². The van der Waals surface area contributed by atoms with E-state index in [1.807, 2.05) is 43.3 Å². The summed E-state index contributed by atoms with van der Waals surface area (Å²) in [6.07, 6.45) is 1.67. The minimum absolute atomic E-state index is 0.247. The van der Waals surface area contributed by atoms with Crippen molar-refractivity contribution < 1.29 is 9.59 Å². The molecule has 1 aromatic carbocycles. The number of thiazole rings is 1. The number of benzene rings is 1. The van der Waals surface area contributed by atoms with Gasteiger partial charge < -0.3 is 10.6 Å². The van der Waals surface area contributed by atoms with Gasteiger partial charge in [0.25, 0.3) is 5.91 Å². The zero-order valence-corrected chi connectivity index (χ0v) is 14.8. The van der Waals surface area contributed by atoms with Crippen molar-refractivity contribution in [2.75, 3.05) is 10.6 Å². The molecule has 0 bridgehead atoms. The number of carbonyl (C=O) groups excluding carboxylic acids is 2. The Hall–Kier alpha value is -3.26. The summed E-state index contributed by atoms with van der Waals surface area (Å²) in [6.45, 7) is 2.26. The number of carbonyl (C=O) groups is 2. The zero-order chi connectivity index (χ0) is 18.4. The molecule has 0 unspecified atom stereocenters. The van der Waals surface area contributed by atoms with Crippen molar-refractivity contribution in [3.05, 3.63) is 71.0 Å². The molecule has 7 nitrogen and oxygen atoms in total. The lowest BCUT2D eigenvalue weighted by molar-refractivity contribution is 0.0946. The fourth-order valence-electron chi connectivity index (χ4n) is 2.18. The first-order valence-corrected chi connectivity index (χ1v) is 8.76. The maximum atomic E-state index is 12.1. The highest BCUT2D eigenvalue weighted by atomic mass is 32.1. The number of amides is 3. The number of nitrogens with one attached hydrogen (secondary N) is 3. The second-order valence-electron chi connectivity index (χ2n) is 5.49. The molecule has 3 aromatic rings. The number of nitrogens with zero attached hydrogens (tertiary/aromatic N) is 2. The van der Waals surface area contributed by atoms with Gasteiger partial charge in [0.15, 0.2) is 5.13 Å². The number of pyridine rings is 1. The topological polar surface area (TPSA) is 96.0 Å². The van der Waals surface area contributed by atoms with Crippen LogP contribution in [0.4, 0.5) is 15.6 Å². The van der Waals surface area contributed by atoms with Gasteiger partial charge in [-0.05, 0) is 36.8 Å². The van der Waals surface area contributed by atoms with Crippen molar-refractivity contribution in [2.45, 2.75) is 13.5 Å². The Morgan fingerprint density at radius 2 is 2.00 bits per heavy atom. The minimum Gasteiger partial charge on any atom is -0.345 e. The number of urea groups is 1. The molecule has 3 amide bonds. The Balaban J connectivity index is 1.53. The van der Waals surface area contributed by atoms with E-state index in [0.29, 0.717) is 17.4 Å². The molecule has 0 saturated carbocycles. The first kappa shape index (κ1) is 17.6. The Bertz CT molecular complexity index is 911. The van der Waals surface area contributed by atoms with E-state index >= 15 is 0 Å². The van der Waals surface area contributed by atoms with Crippen molar-refractivity contribution in [2.24, 2.45) is 0 Å². The van der Waals surface area contributed by atoms with Crippen LogP contribution in [0.2, 0.25) is 0 Å². The van der Waals surface area contributed by atoms with Gasteiger partial charge in [0.05, 0.1) is 12.2 Å². The smallest absolute Gasteiger partial charge is 0.325 e. The van der Waals surface area contributed by atoms with Gasteiger partial charge in [-0.3, -0.25) is 15.1 Å². The summed E-state index contributed by atoms with van der Waals surface area (Å²) < 4.78 is 0. The van der Waals surface area contributed by atoms with E-state index in [9.17, 15) is 9.59 Å². The van der Waals surface area contributed by atoms with Gasteiger partial charge in [0, 0.05) is 17.3 Å². The largest absolute Gasteiger partial charge is 0.345 e. The van der Waals surface area contributed by atoms with Gasteiger partial charge in [0.1, 0.15) is 5.69 Å². The Morgan fingerprint density at radius 1 is 1.12 bits per heavy atom. The molecule has 2 aromatic heterocycles. The fraction of sp³-hybridized carbons (Fsp3) is 0.111. The monoisotopic (exact) mass is 367 g/mol. The normalized spacial score (nSPS) is 10.2. The van der Waals surface area contributed by atoms with E-state index in [1.54, 1.807) is 17.6 Å². The average Bonchev–Trinajstić information content (AvgIpc) is 3.09. The number of hydrogen-bond acceptors (Lipinski definition) is 5. The van der Waals surface area contributed by atoms with Crippen molar-refractivity contribution in [1.29, 1.82) is 0 Å². The second-order valence-corrected chi connectivity index (χ2v) is 6.35. The molecule has 0 fully saturated rings. The third kappa shape index (κ3) is 4.87. The highest BCUT2D eigenvalue weighted by Crippen LogP contribution is 2.16. The molecule has 0 radical (unpaired) electrons. The summed E-state index contributed by atoms with van der Waals surface area (Å²) in [6, 6.07) is 12.5. The first-order valence-electron chi connectivity index (χ1n) is 7.88. The predicted molar refractivity (Wildman–Crippen MR) is 101 cm³/mol. The highest BCUT2D eigenvalue weighted by molar-refractivity contribution is 7.14. The van der Waals surface area contributed by atoms with Gasteiger partial charge in [-0.25, -0.2) is 9.78 Å². The summed E-state index contributed by atoms with van der Waals surface area (Å²) >= 11 is 1.18. The number of anilines is 2. The minimum atomic E-state index is -0.412. The standard InChI is InChI=1S/C18H17N5O2S/c1-12-5-4-7-13(9-12)21-17(25)23-18-22-15(11-26-18)16(24)20-10-14-6-2-3-8-19-14/h2-9,11H,10H2,1H3,(H,20,24)(H2,21,22,23,25). The second kappa shape index (κ2) is 8.21. The van der Waals surface area contributed by atoms with Crippen LogP contribution in [0.3, 0.4) is 0 Å². The molecular formula is C18H17N5O2S. The van der Waals surface area contributed by atoms with Gasteiger partial charge in [-0.2, -0.15) is 0 Å². The maximum absolute atomic E-state index is 12.1. The van der Waals surface area contributed by atoms with Crippen LogP contribution in [0.5, 0.6) is 0 Å². The Kier molecular flexibility index (Phi) is 5.55. The van der Waals surface area contributed by atoms with Gasteiger partial charge in [0.2, 0.25) is 0 Å². The van der Waals surface area contributed by atoms with E-state index in [1.165, 1.54) is 11.3 Å². The highest BCUT2D eigenvalue weighted by Gasteiger charge is 2.12. The molecule has 0 aliphatic carbocycles. The van der Waals surface area contributed by atoms with Crippen molar-refractivity contribution in [3.63, 3.8) is 0 Å². The zero-order valence-electron chi connectivity index (χ0n) is 14.0. The summed E-state index contributed by atoms with van der Waals surface area (Å²) in [5.74, 6) is -0.320. The quantitative estimate of drug-likeness (QED) is 0.644. The van der Waals surface area contributed by atoms with Crippen LogP contribution >= 0.6 is 11.3 Å². The van der Waals surface area contributed by atoms with Crippen LogP contribution in [-0.4, -0.2) is 21.9 Å². The lowest BCUT2D eigenvalue weighted by Gasteiger charge is -2.06. The summed E-state index contributed by atoms with van der Waals surface area (Å²) in [5.41, 5.74) is 2.74. The maximum Gasteiger partial charge on any atom is 0.325 e. The van der Waals surface area contributed by atoms with Crippen molar-refractivity contribution >= 4 is 34.1 Å². The van der Waals surface area contributed by atoms with E-state index in [4.69, 9.17) is 0 Å². The fourth-order valence-corrected chi connectivity index (χ4v) is 2.87. The van der Waals surface area contributed by atoms with E-state index < -0.39 is 6.03 Å². The van der Waals surface area contributed by atoms with Crippen LogP contribution in [0.25, 0.3) is 0 Å². The number of aryl methyl sites for hydroxylation is 1. The third-order valence-corrected chi connectivity index (χ3v) is 4.15. The predicted octanol–water partition coefficient (Wildman–Crippen LogP) is 3.42. The van der Waals surface area contributed by atoms with Gasteiger partial charge >= 0.3 is 6.03 Å². The van der Waals surface area contributed by atoms with Crippen molar-refractivity contribution in [1.82, 2.24) is 15.3 Å². The molecule has 132 valence electrons. The van der Waals surface area contributed by atoms with E-state index in [-0.39, 0.29) is 11.6 Å². The number of rotatable bonds is 5. The van der Waals surface area contributed by atoms with Crippen molar-refractivity contribution in [3.8, 4) is 0 Å². The lowest BCUT2D eigenvalue weighted by Crippen LogP contribution is -2.24. The molecule has 0 aliphatic heterocycles. The van der Waals surface area contributed by atoms with E-state index in [2.05, 4.69) is 25.9 Å². The van der Waals surface area contributed by atoms with Crippen LogP contribution in [0, 0.1) is 6.92 Å². The summed E-state index contributed by atoms with van der Waals surface area (Å²) in [4.78, 5) is 32.4. The molecule has 3 rings (SSSR count). The van der Waals surface area contributed by atoms with Gasteiger partial charge in [-0.1, -0.05) is 18.2 Å². The van der Waals surface area contributed by atoms with Crippen LogP contribution in [-0.2, 0) is 6.54 Å². The molecule has 0 spiro atoms. The Labute approximate surface area is 154 Å². The molecule has 0 aliphatic rings. The lowest BCUT2D eigenvalue weighted by atomic mass is 10.2. The summed E-state index contributed by atoms with van der Waals surface area (Å²) in [7, 11) is 0. The molecule has 3 N–H and O–H groups in total. The summed E-state index contributed by atoms with van der Waals surface area (Å²) in [5, 5.41) is 10.0. The molecule has 0 saturated heterocycles. The van der Waals surface area contributed by atoms with Crippen LogP contribution < -0.4 is 16.0 Å².